The third kappa shape index (κ3) is 2.14. The molecular weight excluding hydrogens is 190 g/mol. The summed E-state index contributed by atoms with van der Waals surface area (Å²) in [6.07, 6.45) is 5.51. The minimum absolute atomic E-state index is 0.409. The van der Waals surface area contributed by atoms with E-state index in [1.165, 1.54) is 12.8 Å². The second-order valence-corrected chi connectivity index (χ2v) is 3.83. The minimum atomic E-state index is 0.409. The highest BCUT2D eigenvalue weighted by Gasteiger charge is 2.17. The van der Waals surface area contributed by atoms with Crippen molar-refractivity contribution in [3.63, 3.8) is 0 Å². The molecule has 0 aliphatic carbocycles. The molecule has 2 heterocycles. The SMILES string of the molecule is Cc1ncc(CC=O)c(N2CCCC2)n1. The van der Waals surface area contributed by atoms with Gasteiger partial charge in [0.25, 0.3) is 0 Å². The Morgan fingerprint density at radius 1 is 1.47 bits per heavy atom. The van der Waals surface area contributed by atoms with Crippen LogP contribution in [0.4, 0.5) is 5.82 Å². The van der Waals surface area contributed by atoms with Crippen molar-refractivity contribution in [2.45, 2.75) is 26.2 Å². The molecule has 80 valence electrons. The highest BCUT2D eigenvalue weighted by atomic mass is 16.1. The third-order valence-electron chi connectivity index (χ3n) is 2.67. The van der Waals surface area contributed by atoms with Crippen LogP contribution >= 0.6 is 0 Å². The van der Waals surface area contributed by atoms with Gasteiger partial charge in [-0.15, -0.1) is 0 Å². The summed E-state index contributed by atoms with van der Waals surface area (Å²) in [6.45, 7) is 3.97. The Kier molecular flexibility index (Phi) is 2.94. The van der Waals surface area contributed by atoms with Crippen LogP contribution in [0.3, 0.4) is 0 Å². The van der Waals surface area contributed by atoms with Crippen LogP contribution in [-0.4, -0.2) is 29.3 Å². The molecule has 0 radical (unpaired) electrons. The molecule has 4 nitrogen and oxygen atoms in total. The molecule has 1 aliphatic heterocycles. The summed E-state index contributed by atoms with van der Waals surface area (Å²) in [5.41, 5.74) is 0.942. The van der Waals surface area contributed by atoms with E-state index in [1.54, 1.807) is 6.20 Å². The Hall–Kier alpha value is -1.45. The van der Waals surface area contributed by atoms with Crippen LogP contribution in [0.1, 0.15) is 24.2 Å². The van der Waals surface area contributed by atoms with Gasteiger partial charge in [-0.3, -0.25) is 0 Å². The van der Waals surface area contributed by atoms with E-state index in [-0.39, 0.29) is 0 Å². The average molecular weight is 205 g/mol. The van der Waals surface area contributed by atoms with E-state index in [0.717, 1.165) is 36.6 Å². The smallest absolute Gasteiger partial charge is 0.135 e. The largest absolute Gasteiger partial charge is 0.356 e. The summed E-state index contributed by atoms with van der Waals surface area (Å²) in [5, 5.41) is 0. The Bertz CT molecular complexity index is 359. The summed E-state index contributed by atoms with van der Waals surface area (Å²) in [7, 11) is 0. The van der Waals surface area contributed by atoms with Crippen molar-refractivity contribution < 1.29 is 4.79 Å². The van der Waals surface area contributed by atoms with E-state index in [2.05, 4.69) is 14.9 Å². The second kappa shape index (κ2) is 4.38. The molecule has 1 aromatic heterocycles. The van der Waals surface area contributed by atoms with Crippen LogP contribution in [0.5, 0.6) is 0 Å². The first-order valence-electron chi connectivity index (χ1n) is 5.32. The van der Waals surface area contributed by atoms with E-state index < -0.39 is 0 Å². The Morgan fingerprint density at radius 3 is 2.87 bits per heavy atom. The van der Waals surface area contributed by atoms with Gasteiger partial charge in [0.1, 0.15) is 17.9 Å². The van der Waals surface area contributed by atoms with Crippen LogP contribution in [0.15, 0.2) is 6.20 Å². The molecule has 0 saturated carbocycles. The molecule has 0 spiro atoms. The standard InChI is InChI=1S/C11H15N3O/c1-9-12-8-10(4-7-15)11(13-9)14-5-2-3-6-14/h7-8H,2-6H2,1H3. The third-order valence-corrected chi connectivity index (χ3v) is 2.67. The Balaban J connectivity index is 2.32. The van der Waals surface area contributed by atoms with Crippen molar-refractivity contribution in [1.82, 2.24) is 9.97 Å². The normalized spacial score (nSPS) is 15.7. The molecule has 0 unspecified atom stereocenters. The first kappa shape index (κ1) is 10.1. The van der Waals surface area contributed by atoms with Crippen molar-refractivity contribution in [2.24, 2.45) is 0 Å². The molecule has 1 saturated heterocycles. The lowest BCUT2D eigenvalue weighted by atomic mass is 10.2. The van der Waals surface area contributed by atoms with Gasteiger partial charge in [0.15, 0.2) is 0 Å². The maximum Gasteiger partial charge on any atom is 0.135 e. The lowest BCUT2D eigenvalue weighted by Gasteiger charge is -2.19. The number of hydrogen-bond donors (Lipinski definition) is 0. The van der Waals surface area contributed by atoms with E-state index in [1.807, 2.05) is 6.92 Å². The molecule has 0 aromatic carbocycles. The van der Waals surface area contributed by atoms with Gasteiger partial charge in [-0.1, -0.05) is 0 Å². The van der Waals surface area contributed by atoms with E-state index in [4.69, 9.17) is 0 Å². The number of aldehydes is 1. The van der Waals surface area contributed by atoms with Gasteiger partial charge in [-0.05, 0) is 19.8 Å². The molecule has 0 atom stereocenters. The first-order valence-corrected chi connectivity index (χ1v) is 5.32. The monoisotopic (exact) mass is 205 g/mol. The van der Waals surface area contributed by atoms with Crippen molar-refractivity contribution >= 4 is 12.1 Å². The predicted octanol–water partition coefficient (Wildman–Crippen LogP) is 1.13. The number of anilines is 1. The zero-order chi connectivity index (χ0) is 10.7. The van der Waals surface area contributed by atoms with Gasteiger partial charge in [0.05, 0.1) is 0 Å². The van der Waals surface area contributed by atoms with Gasteiger partial charge in [-0.2, -0.15) is 0 Å². The molecule has 0 amide bonds. The highest BCUT2D eigenvalue weighted by molar-refractivity contribution is 5.60. The molecule has 2 rings (SSSR count). The zero-order valence-electron chi connectivity index (χ0n) is 8.94. The zero-order valence-corrected chi connectivity index (χ0v) is 8.94. The van der Waals surface area contributed by atoms with Crippen LogP contribution in [0.25, 0.3) is 0 Å². The molecular formula is C11H15N3O. The van der Waals surface area contributed by atoms with E-state index in [0.29, 0.717) is 6.42 Å². The molecule has 0 bridgehead atoms. The van der Waals surface area contributed by atoms with Gasteiger partial charge >= 0.3 is 0 Å². The first-order chi connectivity index (χ1) is 7.31. The lowest BCUT2D eigenvalue weighted by molar-refractivity contribution is -0.107. The fourth-order valence-electron chi connectivity index (χ4n) is 1.92. The number of carbonyl (C=O) groups excluding carboxylic acids is 1. The summed E-state index contributed by atoms with van der Waals surface area (Å²) in [5.74, 6) is 1.72. The molecule has 4 heteroatoms. The number of carbonyl (C=O) groups is 1. The average Bonchev–Trinajstić information content (AvgIpc) is 2.74. The Labute approximate surface area is 89.3 Å². The van der Waals surface area contributed by atoms with Crippen LogP contribution in [0.2, 0.25) is 0 Å². The van der Waals surface area contributed by atoms with Crippen LogP contribution in [-0.2, 0) is 11.2 Å². The number of nitrogens with zero attached hydrogens (tertiary/aromatic N) is 3. The number of rotatable bonds is 3. The van der Waals surface area contributed by atoms with Gasteiger partial charge in [0.2, 0.25) is 0 Å². The van der Waals surface area contributed by atoms with Gasteiger partial charge in [-0.25, -0.2) is 9.97 Å². The summed E-state index contributed by atoms with van der Waals surface area (Å²) < 4.78 is 0. The summed E-state index contributed by atoms with van der Waals surface area (Å²) in [4.78, 5) is 21.4. The summed E-state index contributed by atoms with van der Waals surface area (Å²) in [6, 6.07) is 0. The minimum Gasteiger partial charge on any atom is -0.356 e. The molecule has 15 heavy (non-hydrogen) atoms. The lowest BCUT2D eigenvalue weighted by Crippen LogP contribution is -2.21. The second-order valence-electron chi connectivity index (χ2n) is 3.83. The van der Waals surface area contributed by atoms with E-state index in [9.17, 15) is 4.79 Å². The van der Waals surface area contributed by atoms with E-state index >= 15 is 0 Å². The molecule has 1 aliphatic rings. The van der Waals surface area contributed by atoms with Crippen molar-refractivity contribution in [3.8, 4) is 0 Å². The Morgan fingerprint density at radius 2 is 2.20 bits per heavy atom. The molecule has 1 aromatic rings. The maximum atomic E-state index is 10.6. The van der Waals surface area contributed by atoms with Crippen LogP contribution < -0.4 is 4.90 Å². The number of aromatic nitrogens is 2. The quantitative estimate of drug-likeness (QED) is 0.694. The molecule has 1 fully saturated rings. The summed E-state index contributed by atoms with van der Waals surface area (Å²) >= 11 is 0. The number of hydrogen-bond acceptors (Lipinski definition) is 4. The maximum absolute atomic E-state index is 10.6. The number of aryl methyl sites for hydroxylation is 1. The van der Waals surface area contributed by atoms with Crippen LogP contribution in [0, 0.1) is 6.92 Å². The van der Waals surface area contributed by atoms with Crippen molar-refractivity contribution in [3.05, 3.63) is 17.6 Å². The fourth-order valence-corrected chi connectivity index (χ4v) is 1.92. The van der Waals surface area contributed by atoms with Crippen molar-refractivity contribution in [1.29, 1.82) is 0 Å². The fraction of sp³-hybridized carbons (Fsp3) is 0.545. The highest BCUT2D eigenvalue weighted by Crippen LogP contribution is 2.21. The topological polar surface area (TPSA) is 46.1 Å². The van der Waals surface area contributed by atoms with Gasteiger partial charge in [0, 0.05) is 31.3 Å². The molecule has 0 N–H and O–H groups in total. The predicted molar refractivity (Wildman–Crippen MR) is 58.0 cm³/mol. The van der Waals surface area contributed by atoms with Crippen molar-refractivity contribution in [2.75, 3.05) is 18.0 Å². The van der Waals surface area contributed by atoms with Gasteiger partial charge < -0.3 is 9.69 Å².